The number of nitrogens with two attached hydrogens (primary N) is 1. The van der Waals surface area contributed by atoms with Gasteiger partial charge in [-0.1, -0.05) is 26.2 Å². The Morgan fingerprint density at radius 3 is 2.42 bits per heavy atom. The van der Waals surface area contributed by atoms with Crippen molar-refractivity contribution in [2.45, 2.75) is 64.8 Å². The van der Waals surface area contributed by atoms with E-state index in [-0.39, 0.29) is 0 Å². The van der Waals surface area contributed by atoms with E-state index < -0.39 is 0 Å². The summed E-state index contributed by atoms with van der Waals surface area (Å²) in [4.78, 5) is 0. The van der Waals surface area contributed by atoms with E-state index in [0.29, 0.717) is 6.04 Å². The minimum atomic E-state index is 0.402. The monoisotopic (exact) mass is 169 g/mol. The van der Waals surface area contributed by atoms with E-state index in [2.05, 4.69) is 13.8 Å². The van der Waals surface area contributed by atoms with Gasteiger partial charge in [0.25, 0.3) is 0 Å². The highest BCUT2D eigenvalue weighted by Crippen LogP contribution is 2.44. The Morgan fingerprint density at radius 1 is 1.33 bits per heavy atom. The molecule has 1 saturated carbocycles. The van der Waals surface area contributed by atoms with E-state index in [0.717, 1.165) is 5.41 Å². The molecule has 0 radical (unpaired) electrons. The van der Waals surface area contributed by atoms with Crippen LogP contribution in [0.5, 0.6) is 0 Å². The normalized spacial score (nSPS) is 23.2. The van der Waals surface area contributed by atoms with Gasteiger partial charge in [0.2, 0.25) is 0 Å². The molecule has 0 heterocycles. The summed E-state index contributed by atoms with van der Waals surface area (Å²) in [7, 11) is 0. The summed E-state index contributed by atoms with van der Waals surface area (Å²) < 4.78 is 0. The van der Waals surface area contributed by atoms with Crippen LogP contribution in [0.3, 0.4) is 0 Å². The van der Waals surface area contributed by atoms with Gasteiger partial charge < -0.3 is 5.73 Å². The third-order valence-corrected chi connectivity index (χ3v) is 3.25. The second kappa shape index (κ2) is 4.27. The van der Waals surface area contributed by atoms with E-state index in [1.54, 1.807) is 0 Å². The molecule has 0 aromatic heterocycles. The quantitative estimate of drug-likeness (QED) is 0.629. The van der Waals surface area contributed by atoms with Gasteiger partial charge in [-0.05, 0) is 38.0 Å². The molecule has 1 fully saturated rings. The van der Waals surface area contributed by atoms with Gasteiger partial charge in [0.05, 0.1) is 0 Å². The number of rotatable bonds is 5. The van der Waals surface area contributed by atoms with Gasteiger partial charge in [-0.15, -0.1) is 0 Å². The average Bonchev–Trinajstić information content (AvgIpc) is 1.94. The highest BCUT2D eigenvalue weighted by Gasteiger charge is 2.30. The van der Waals surface area contributed by atoms with E-state index in [9.17, 15) is 0 Å². The van der Waals surface area contributed by atoms with Crippen molar-refractivity contribution >= 4 is 0 Å². The lowest BCUT2D eigenvalue weighted by Gasteiger charge is -2.38. The molecule has 0 saturated heterocycles. The van der Waals surface area contributed by atoms with Crippen molar-refractivity contribution in [3.63, 3.8) is 0 Å². The van der Waals surface area contributed by atoms with Crippen molar-refractivity contribution < 1.29 is 0 Å². The third-order valence-electron chi connectivity index (χ3n) is 3.25. The topological polar surface area (TPSA) is 26.0 Å². The Labute approximate surface area is 76.7 Å². The lowest BCUT2D eigenvalue weighted by atomic mass is 9.67. The maximum Gasteiger partial charge on any atom is 0.00104 e. The first-order valence-electron chi connectivity index (χ1n) is 5.38. The zero-order valence-electron chi connectivity index (χ0n) is 8.60. The van der Waals surface area contributed by atoms with Crippen LogP contribution >= 0.6 is 0 Å². The minimum absolute atomic E-state index is 0.402. The first kappa shape index (κ1) is 10.0. The van der Waals surface area contributed by atoms with Crippen molar-refractivity contribution in [3.05, 3.63) is 0 Å². The summed E-state index contributed by atoms with van der Waals surface area (Å²) in [5.41, 5.74) is 6.41. The van der Waals surface area contributed by atoms with Crippen LogP contribution in [0, 0.1) is 5.41 Å². The van der Waals surface area contributed by atoms with E-state index in [1.807, 2.05) is 0 Å². The fraction of sp³-hybridized carbons (Fsp3) is 1.00. The SMILES string of the molecule is CC(N)CCCCC1(C)CCC1. The molecule has 12 heavy (non-hydrogen) atoms. The van der Waals surface area contributed by atoms with Crippen LogP contribution in [-0.4, -0.2) is 6.04 Å². The molecule has 1 aliphatic rings. The summed E-state index contributed by atoms with van der Waals surface area (Å²) in [6.45, 7) is 4.54. The highest BCUT2D eigenvalue weighted by atomic mass is 14.6. The van der Waals surface area contributed by atoms with E-state index in [4.69, 9.17) is 5.73 Å². The third kappa shape index (κ3) is 3.14. The van der Waals surface area contributed by atoms with Gasteiger partial charge >= 0.3 is 0 Å². The summed E-state index contributed by atoms with van der Waals surface area (Å²) in [6.07, 6.45) is 9.74. The van der Waals surface area contributed by atoms with Crippen molar-refractivity contribution in [2.24, 2.45) is 11.1 Å². The molecule has 1 aliphatic carbocycles. The van der Waals surface area contributed by atoms with Crippen molar-refractivity contribution in [2.75, 3.05) is 0 Å². The van der Waals surface area contributed by atoms with E-state index >= 15 is 0 Å². The Morgan fingerprint density at radius 2 is 2.00 bits per heavy atom. The molecule has 0 spiro atoms. The van der Waals surface area contributed by atoms with Gasteiger partial charge in [-0.25, -0.2) is 0 Å². The summed E-state index contributed by atoms with van der Waals surface area (Å²) in [6, 6.07) is 0.402. The van der Waals surface area contributed by atoms with Crippen molar-refractivity contribution in [1.82, 2.24) is 0 Å². The molecule has 0 aromatic carbocycles. The molecule has 1 nitrogen and oxygen atoms in total. The molecule has 1 atom stereocenters. The Kier molecular flexibility index (Phi) is 3.57. The minimum Gasteiger partial charge on any atom is -0.328 e. The van der Waals surface area contributed by atoms with Crippen molar-refractivity contribution in [3.8, 4) is 0 Å². The predicted molar refractivity (Wildman–Crippen MR) is 54.1 cm³/mol. The Balaban J connectivity index is 1.95. The van der Waals surface area contributed by atoms with Crippen LogP contribution in [0.4, 0.5) is 0 Å². The second-order valence-electron chi connectivity index (χ2n) is 4.89. The predicted octanol–water partition coefficient (Wildman–Crippen LogP) is 3.08. The fourth-order valence-electron chi connectivity index (χ4n) is 2.05. The lowest BCUT2D eigenvalue weighted by molar-refractivity contribution is 0.141. The lowest BCUT2D eigenvalue weighted by Crippen LogP contribution is -2.25. The van der Waals surface area contributed by atoms with Gasteiger partial charge in [-0.2, -0.15) is 0 Å². The highest BCUT2D eigenvalue weighted by molar-refractivity contribution is 4.82. The first-order chi connectivity index (χ1) is 5.62. The van der Waals surface area contributed by atoms with E-state index in [1.165, 1.54) is 44.9 Å². The van der Waals surface area contributed by atoms with Crippen LogP contribution < -0.4 is 5.73 Å². The summed E-state index contributed by atoms with van der Waals surface area (Å²) >= 11 is 0. The maximum atomic E-state index is 5.69. The molecule has 0 amide bonds. The average molecular weight is 169 g/mol. The zero-order chi connectivity index (χ0) is 9.03. The molecule has 1 heteroatoms. The second-order valence-corrected chi connectivity index (χ2v) is 4.89. The molecule has 72 valence electrons. The van der Waals surface area contributed by atoms with Crippen molar-refractivity contribution in [1.29, 1.82) is 0 Å². The molecular formula is C11H23N. The fourth-order valence-corrected chi connectivity index (χ4v) is 2.05. The van der Waals surface area contributed by atoms with Crippen LogP contribution in [0.2, 0.25) is 0 Å². The number of unbranched alkanes of at least 4 members (excludes halogenated alkanes) is 1. The first-order valence-corrected chi connectivity index (χ1v) is 5.38. The van der Waals surface area contributed by atoms with Gasteiger partial charge in [0.1, 0.15) is 0 Å². The molecule has 1 rings (SSSR count). The maximum absolute atomic E-state index is 5.69. The van der Waals surface area contributed by atoms with Crippen LogP contribution in [-0.2, 0) is 0 Å². The Hall–Kier alpha value is -0.0400. The van der Waals surface area contributed by atoms with Gasteiger partial charge in [-0.3, -0.25) is 0 Å². The Bertz CT molecular complexity index is 125. The molecule has 1 unspecified atom stereocenters. The van der Waals surface area contributed by atoms with Gasteiger partial charge in [0, 0.05) is 6.04 Å². The van der Waals surface area contributed by atoms with Crippen LogP contribution in [0.25, 0.3) is 0 Å². The smallest absolute Gasteiger partial charge is 0.00104 e. The molecular weight excluding hydrogens is 146 g/mol. The molecule has 0 bridgehead atoms. The number of hydrogen-bond acceptors (Lipinski definition) is 1. The van der Waals surface area contributed by atoms with Gasteiger partial charge in [0.15, 0.2) is 0 Å². The van der Waals surface area contributed by atoms with Crippen LogP contribution in [0.15, 0.2) is 0 Å². The molecule has 2 N–H and O–H groups in total. The summed E-state index contributed by atoms with van der Waals surface area (Å²) in [5.74, 6) is 0. The largest absolute Gasteiger partial charge is 0.328 e. The number of hydrogen-bond donors (Lipinski definition) is 1. The zero-order valence-corrected chi connectivity index (χ0v) is 8.60. The van der Waals surface area contributed by atoms with Crippen LogP contribution in [0.1, 0.15) is 58.8 Å². The molecule has 0 aromatic rings. The standard InChI is InChI=1S/C11H23N/c1-10(12)6-3-4-7-11(2)8-5-9-11/h10H,3-9,12H2,1-2H3. The molecule has 0 aliphatic heterocycles. The summed E-state index contributed by atoms with van der Waals surface area (Å²) in [5, 5.41) is 0.